The molecule has 0 N–H and O–H groups in total. The summed E-state index contributed by atoms with van der Waals surface area (Å²) >= 11 is 5.11. The highest BCUT2D eigenvalue weighted by atomic mass is 79.9. The van der Waals surface area contributed by atoms with Crippen LogP contribution in [-0.4, -0.2) is 23.4 Å². The number of nitrogens with zero attached hydrogens (tertiary/aromatic N) is 1. The molecule has 1 saturated carbocycles. The highest BCUT2D eigenvalue weighted by Gasteiger charge is 2.36. The van der Waals surface area contributed by atoms with Crippen LogP contribution in [0.25, 0.3) is 0 Å². The van der Waals surface area contributed by atoms with E-state index in [0.717, 1.165) is 21.1 Å². The fraction of sp³-hybridized carbons (Fsp3) is 0.667. The Balaban J connectivity index is 1.81. The Bertz CT molecular complexity index is 463. The van der Waals surface area contributed by atoms with Crippen molar-refractivity contribution in [3.05, 3.63) is 20.3 Å². The lowest BCUT2D eigenvalue weighted by Crippen LogP contribution is -2.49. The van der Waals surface area contributed by atoms with Gasteiger partial charge in [0.05, 0.1) is 8.66 Å². The van der Waals surface area contributed by atoms with Crippen molar-refractivity contribution in [3.63, 3.8) is 0 Å². The Hall–Kier alpha value is -0.350. The van der Waals surface area contributed by atoms with Crippen LogP contribution in [0.1, 0.15) is 53.8 Å². The summed E-state index contributed by atoms with van der Waals surface area (Å²) in [5.74, 6) is 1.02. The highest BCUT2D eigenvalue weighted by Crippen LogP contribution is 2.37. The van der Waals surface area contributed by atoms with E-state index in [1.54, 1.807) is 11.3 Å². The number of hydrogen-bond acceptors (Lipinski definition) is 2. The third-order valence-electron chi connectivity index (χ3n) is 4.57. The molecule has 104 valence electrons. The second kappa shape index (κ2) is 5.57. The lowest BCUT2D eigenvalue weighted by molar-refractivity contribution is 0.0395. The molecule has 1 saturated heterocycles. The van der Waals surface area contributed by atoms with Crippen molar-refractivity contribution >= 4 is 33.2 Å². The molecule has 2 atom stereocenters. The van der Waals surface area contributed by atoms with Gasteiger partial charge in [0, 0.05) is 12.6 Å². The Labute approximate surface area is 127 Å². The van der Waals surface area contributed by atoms with Gasteiger partial charge in [-0.3, -0.25) is 4.79 Å². The molecule has 1 aliphatic heterocycles. The molecule has 0 radical (unpaired) electrons. The maximum Gasteiger partial charge on any atom is 0.264 e. The minimum atomic E-state index is 0.260. The van der Waals surface area contributed by atoms with E-state index in [0.29, 0.717) is 6.04 Å². The van der Waals surface area contributed by atoms with Crippen molar-refractivity contribution in [2.45, 2.75) is 51.5 Å². The molecule has 0 aromatic carbocycles. The average Bonchev–Trinajstić information content (AvgIpc) is 2.77. The quantitative estimate of drug-likeness (QED) is 0.730. The summed E-state index contributed by atoms with van der Waals surface area (Å²) in [5, 5.41) is 0. The molecular formula is C15H20BrNOS. The summed E-state index contributed by atoms with van der Waals surface area (Å²) in [6.45, 7) is 3.01. The number of fused-ring (bicyclic) bond motifs is 1. The van der Waals surface area contributed by atoms with E-state index in [4.69, 9.17) is 0 Å². The van der Waals surface area contributed by atoms with Gasteiger partial charge in [-0.25, -0.2) is 0 Å². The first-order valence-corrected chi connectivity index (χ1v) is 8.84. The number of amides is 1. The molecule has 0 bridgehead atoms. The lowest BCUT2D eigenvalue weighted by atomic mass is 9.78. The molecule has 19 heavy (non-hydrogen) atoms. The third kappa shape index (κ3) is 2.62. The van der Waals surface area contributed by atoms with Crippen molar-refractivity contribution in [3.8, 4) is 0 Å². The van der Waals surface area contributed by atoms with Crippen LogP contribution in [0.4, 0.5) is 0 Å². The number of hydrogen-bond donors (Lipinski definition) is 0. The Morgan fingerprint density at radius 2 is 2.05 bits per heavy atom. The van der Waals surface area contributed by atoms with E-state index in [9.17, 15) is 4.79 Å². The average molecular weight is 342 g/mol. The molecule has 2 fully saturated rings. The van der Waals surface area contributed by atoms with Crippen molar-refractivity contribution in [1.29, 1.82) is 0 Å². The van der Waals surface area contributed by atoms with Gasteiger partial charge in [0.15, 0.2) is 0 Å². The number of carbonyl (C=O) groups excluding carboxylic acids is 1. The third-order valence-corrected chi connectivity index (χ3v) is 6.70. The molecule has 1 aromatic rings. The molecule has 4 heteroatoms. The largest absolute Gasteiger partial charge is 0.335 e. The van der Waals surface area contributed by atoms with Crippen molar-refractivity contribution in [1.82, 2.24) is 4.90 Å². The molecule has 1 aliphatic carbocycles. The summed E-state index contributed by atoms with van der Waals surface area (Å²) < 4.78 is 1.09. The molecule has 2 heterocycles. The number of thiophene rings is 1. The standard InChI is InChI=1S/C15H20BrNOS/c1-10-9-13(19-14(10)16)15(18)17-8-4-6-11-5-2-3-7-12(11)17/h9,11-12H,2-8H2,1H3. The normalized spacial score (nSPS) is 27.2. The maximum atomic E-state index is 12.7. The number of rotatable bonds is 1. The molecule has 1 amide bonds. The zero-order valence-corrected chi connectivity index (χ0v) is 13.7. The molecule has 3 rings (SSSR count). The Kier molecular flexibility index (Phi) is 3.99. The summed E-state index contributed by atoms with van der Waals surface area (Å²) in [5.41, 5.74) is 1.17. The Morgan fingerprint density at radius 3 is 2.79 bits per heavy atom. The van der Waals surface area contributed by atoms with Gasteiger partial charge >= 0.3 is 0 Å². The van der Waals surface area contributed by atoms with Gasteiger partial charge in [-0.1, -0.05) is 12.8 Å². The molecule has 1 aromatic heterocycles. The van der Waals surface area contributed by atoms with Gasteiger partial charge in [-0.15, -0.1) is 11.3 Å². The van der Waals surface area contributed by atoms with Crippen LogP contribution in [0.2, 0.25) is 0 Å². The first-order valence-electron chi connectivity index (χ1n) is 7.23. The highest BCUT2D eigenvalue weighted by molar-refractivity contribution is 9.11. The lowest BCUT2D eigenvalue weighted by Gasteiger charge is -2.44. The van der Waals surface area contributed by atoms with Crippen LogP contribution in [-0.2, 0) is 0 Å². The monoisotopic (exact) mass is 341 g/mol. The summed E-state index contributed by atoms with van der Waals surface area (Å²) in [4.78, 5) is 15.8. The fourth-order valence-electron chi connectivity index (χ4n) is 3.58. The molecule has 2 aliphatic rings. The second-order valence-corrected chi connectivity index (χ2v) is 8.19. The van der Waals surface area contributed by atoms with Crippen LogP contribution in [0.3, 0.4) is 0 Å². The zero-order chi connectivity index (χ0) is 13.4. The van der Waals surface area contributed by atoms with Gasteiger partial charge < -0.3 is 4.90 Å². The first-order chi connectivity index (χ1) is 9.16. The second-order valence-electron chi connectivity index (χ2n) is 5.82. The van der Waals surface area contributed by atoms with Gasteiger partial charge in [-0.2, -0.15) is 0 Å². The van der Waals surface area contributed by atoms with Crippen LogP contribution in [0.5, 0.6) is 0 Å². The van der Waals surface area contributed by atoms with Gasteiger partial charge in [0.1, 0.15) is 0 Å². The number of carbonyl (C=O) groups is 1. The van der Waals surface area contributed by atoms with Crippen molar-refractivity contribution in [2.24, 2.45) is 5.92 Å². The van der Waals surface area contributed by atoms with Crippen LogP contribution < -0.4 is 0 Å². The Morgan fingerprint density at radius 1 is 1.32 bits per heavy atom. The fourth-order valence-corrected chi connectivity index (χ4v) is 5.07. The summed E-state index contributed by atoms with van der Waals surface area (Å²) in [7, 11) is 0. The van der Waals surface area contributed by atoms with E-state index >= 15 is 0 Å². The number of likely N-dealkylation sites (tertiary alicyclic amines) is 1. The minimum Gasteiger partial charge on any atom is -0.335 e. The predicted octanol–water partition coefficient (Wildman–Crippen LogP) is 4.61. The number of aryl methyl sites for hydroxylation is 1. The van der Waals surface area contributed by atoms with Gasteiger partial charge in [0.2, 0.25) is 0 Å². The summed E-state index contributed by atoms with van der Waals surface area (Å²) in [6.07, 6.45) is 7.68. The predicted molar refractivity (Wildman–Crippen MR) is 82.8 cm³/mol. The number of piperidine rings is 1. The maximum absolute atomic E-state index is 12.7. The molecule has 2 unspecified atom stereocenters. The van der Waals surface area contributed by atoms with Crippen molar-refractivity contribution in [2.75, 3.05) is 6.54 Å². The van der Waals surface area contributed by atoms with E-state index in [1.807, 2.05) is 6.07 Å². The van der Waals surface area contributed by atoms with Crippen LogP contribution in [0.15, 0.2) is 9.85 Å². The number of halogens is 1. The topological polar surface area (TPSA) is 20.3 Å². The molecule has 2 nitrogen and oxygen atoms in total. The smallest absolute Gasteiger partial charge is 0.264 e. The zero-order valence-electron chi connectivity index (χ0n) is 11.3. The van der Waals surface area contributed by atoms with E-state index < -0.39 is 0 Å². The van der Waals surface area contributed by atoms with E-state index in [1.165, 1.54) is 44.1 Å². The van der Waals surface area contributed by atoms with Crippen LogP contribution in [0, 0.1) is 12.8 Å². The molecular weight excluding hydrogens is 322 g/mol. The minimum absolute atomic E-state index is 0.260. The first kappa shape index (κ1) is 13.6. The van der Waals surface area contributed by atoms with Crippen LogP contribution >= 0.6 is 27.3 Å². The van der Waals surface area contributed by atoms with E-state index in [-0.39, 0.29) is 5.91 Å². The molecule has 0 spiro atoms. The van der Waals surface area contributed by atoms with Gasteiger partial charge in [-0.05, 0) is 66.1 Å². The SMILES string of the molecule is Cc1cc(C(=O)N2CCCC3CCCCC32)sc1Br. The van der Waals surface area contributed by atoms with Gasteiger partial charge in [0.25, 0.3) is 5.91 Å². The van der Waals surface area contributed by atoms with E-state index in [2.05, 4.69) is 27.8 Å². The van der Waals surface area contributed by atoms with Crippen molar-refractivity contribution < 1.29 is 4.79 Å². The summed E-state index contributed by atoms with van der Waals surface area (Å²) in [6, 6.07) is 2.54.